The predicted octanol–water partition coefficient (Wildman–Crippen LogP) is 2.31. The first-order chi connectivity index (χ1) is 7.70. The lowest BCUT2D eigenvalue weighted by Crippen LogP contribution is -2.19. The molecule has 0 atom stereocenters. The van der Waals surface area contributed by atoms with Gasteiger partial charge in [0, 0.05) is 6.04 Å². The second-order valence-corrected chi connectivity index (χ2v) is 3.55. The van der Waals surface area contributed by atoms with Crippen molar-refractivity contribution in [1.29, 1.82) is 0 Å². The van der Waals surface area contributed by atoms with Gasteiger partial charge in [0.2, 0.25) is 0 Å². The first kappa shape index (κ1) is 13.3. The Morgan fingerprint density at radius 1 is 1.59 bits per heavy atom. The predicted molar refractivity (Wildman–Crippen MR) is 50.8 cm³/mol. The molecule has 0 amide bonds. The lowest BCUT2D eigenvalue weighted by atomic mass is 10.4. The van der Waals surface area contributed by atoms with Gasteiger partial charge in [-0.15, -0.1) is 5.10 Å². The minimum Gasteiger partial charge on any atom is -0.462 e. The van der Waals surface area contributed by atoms with E-state index in [0.717, 1.165) is 6.20 Å². The molecule has 0 aliphatic carbocycles. The molecule has 0 spiro atoms. The zero-order valence-electron chi connectivity index (χ0n) is 9.06. The fraction of sp³-hybridized carbons (Fsp3) is 0.625. The summed E-state index contributed by atoms with van der Waals surface area (Å²) in [7, 11) is 0. The molecule has 0 aliphatic rings. The Hall–Kier alpha value is -1.80. The van der Waals surface area contributed by atoms with E-state index in [0.29, 0.717) is 0 Å². The molecule has 0 saturated carbocycles. The molecule has 0 bridgehead atoms. The molecular formula is C8H10F3N3O3. The Morgan fingerprint density at radius 2 is 2.18 bits per heavy atom. The molecule has 1 rings (SSSR count). The van der Waals surface area contributed by atoms with Crippen molar-refractivity contribution in [3.05, 3.63) is 16.3 Å². The summed E-state index contributed by atoms with van der Waals surface area (Å²) >= 11 is 0. The van der Waals surface area contributed by atoms with Gasteiger partial charge in [0.05, 0.1) is 4.92 Å². The van der Waals surface area contributed by atoms with Crippen LogP contribution in [0.25, 0.3) is 0 Å². The molecule has 17 heavy (non-hydrogen) atoms. The third-order valence-electron chi connectivity index (χ3n) is 1.78. The number of halogens is 3. The summed E-state index contributed by atoms with van der Waals surface area (Å²) in [6, 6.07) is -0.211. The van der Waals surface area contributed by atoms with Gasteiger partial charge in [-0.1, -0.05) is 0 Å². The van der Waals surface area contributed by atoms with E-state index >= 15 is 0 Å². The number of hydrogen-bond donors (Lipinski definition) is 0. The number of nitro groups is 1. The van der Waals surface area contributed by atoms with Crippen molar-refractivity contribution in [3.8, 4) is 5.88 Å². The molecule has 0 aliphatic heterocycles. The zero-order chi connectivity index (χ0) is 13.2. The van der Waals surface area contributed by atoms with E-state index in [4.69, 9.17) is 0 Å². The average Bonchev–Trinajstić information content (AvgIpc) is 2.57. The van der Waals surface area contributed by atoms with Crippen LogP contribution in [0.3, 0.4) is 0 Å². The highest BCUT2D eigenvalue weighted by molar-refractivity contribution is 5.38. The molecule has 1 heterocycles. The molecule has 1 aromatic heterocycles. The second kappa shape index (κ2) is 4.60. The lowest BCUT2D eigenvalue weighted by molar-refractivity contribution is -0.386. The Labute approximate surface area is 94.1 Å². The number of ether oxygens (including phenoxy) is 1. The second-order valence-electron chi connectivity index (χ2n) is 3.55. The fourth-order valence-corrected chi connectivity index (χ4v) is 1.01. The Bertz CT molecular complexity index is 414. The molecule has 0 aromatic carbocycles. The van der Waals surface area contributed by atoms with Gasteiger partial charge in [-0.3, -0.25) is 14.8 Å². The Balaban J connectivity index is 2.93. The first-order valence-corrected chi connectivity index (χ1v) is 4.64. The maximum Gasteiger partial charge on any atom is 0.422 e. The fourth-order valence-electron chi connectivity index (χ4n) is 1.01. The van der Waals surface area contributed by atoms with Crippen LogP contribution in [0, 0.1) is 10.1 Å². The van der Waals surface area contributed by atoms with Gasteiger partial charge < -0.3 is 4.74 Å². The van der Waals surface area contributed by atoms with Crippen LogP contribution in [0.2, 0.25) is 0 Å². The van der Waals surface area contributed by atoms with Crippen molar-refractivity contribution in [3.63, 3.8) is 0 Å². The van der Waals surface area contributed by atoms with Crippen LogP contribution in [-0.2, 0) is 0 Å². The number of alkyl halides is 3. The Morgan fingerprint density at radius 3 is 2.59 bits per heavy atom. The minimum atomic E-state index is -4.56. The highest BCUT2D eigenvalue weighted by Crippen LogP contribution is 2.28. The summed E-state index contributed by atoms with van der Waals surface area (Å²) in [5.41, 5.74) is -0.581. The summed E-state index contributed by atoms with van der Waals surface area (Å²) in [5.74, 6) is -0.624. The van der Waals surface area contributed by atoms with E-state index in [-0.39, 0.29) is 6.04 Å². The van der Waals surface area contributed by atoms with Gasteiger partial charge in [-0.05, 0) is 13.8 Å². The van der Waals surface area contributed by atoms with E-state index < -0.39 is 29.3 Å². The lowest BCUT2D eigenvalue weighted by Gasteiger charge is -2.06. The van der Waals surface area contributed by atoms with Gasteiger partial charge in [-0.25, -0.2) is 0 Å². The van der Waals surface area contributed by atoms with Crippen LogP contribution in [0.15, 0.2) is 6.20 Å². The summed E-state index contributed by atoms with van der Waals surface area (Å²) < 4.78 is 41.2. The topological polar surface area (TPSA) is 70.2 Å². The molecule has 96 valence electrons. The Kier molecular flexibility index (Phi) is 3.59. The van der Waals surface area contributed by atoms with Crippen LogP contribution in [0.5, 0.6) is 5.88 Å². The average molecular weight is 253 g/mol. The van der Waals surface area contributed by atoms with Crippen molar-refractivity contribution in [2.24, 2.45) is 0 Å². The molecule has 6 nitrogen and oxygen atoms in total. The highest BCUT2D eigenvalue weighted by Gasteiger charge is 2.31. The summed E-state index contributed by atoms with van der Waals surface area (Å²) in [4.78, 5) is 9.74. The SMILES string of the molecule is CC(C)n1cc([N+](=O)[O-])c(OCC(F)(F)F)n1. The first-order valence-electron chi connectivity index (χ1n) is 4.64. The largest absolute Gasteiger partial charge is 0.462 e. The van der Waals surface area contributed by atoms with Crippen LogP contribution in [0.4, 0.5) is 18.9 Å². The van der Waals surface area contributed by atoms with Gasteiger partial charge >= 0.3 is 17.7 Å². The van der Waals surface area contributed by atoms with Gasteiger partial charge in [-0.2, -0.15) is 13.2 Å². The standard InChI is InChI=1S/C8H10F3N3O3/c1-5(2)13-3-6(14(15)16)7(12-13)17-4-8(9,10)11/h3,5H,4H2,1-2H3. The third-order valence-corrected chi connectivity index (χ3v) is 1.78. The molecule has 1 aromatic rings. The van der Waals surface area contributed by atoms with Crippen molar-refractivity contribution < 1.29 is 22.8 Å². The molecule has 0 radical (unpaired) electrons. The summed E-state index contributed by atoms with van der Waals surface area (Å²) in [5, 5.41) is 14.2. The van der Waals surface area contributed by atoms with Gasteiger partial charge in [0.25, 0.3) is 0 Å². The molecule has 0 saturated heterocycles. The zero-order valence-corrected chi connectivity index (χ0v) is 9.06. The number of hydrogen-bond acceptors (Lipinski definition) is 4. The van der Waals surface area contributed by atoms with E-state index in [1.807, 2.05) is 0 Å². The van der Waals surface area contributed by atoms with Crippen molar-refractivity contribution in [1.82, 2.24) is 9.78 Å². The molecule has 0 N–H and O–H groups in total. The smallest absolute Gasteiger partial charge is 0.422 e. The van der Waals surface area contributed by atoms with Crippen LogP contribution in [-0.4, -0.2) is 27.5 Å². The van der Waals surface area contributed by atoms with E-state index in [1.54, 1.807) is 13.8 Å². The van der Waals surface area contributed by atoms with Crippen molar-refractivity contribution >= 4 is 5.69 Å². The number of rotatable bonds is 4. The van der Waals surface area contributed by atoms with Crippen LogP contribution >= 0.6 is 0 Å². The molecular weight excluding hydrogens is 243 g/mol. The molecule has 0 fully saturated rings. The van der Waals surface area contributed by atoms with Crippen molar-refractivity contribution in [2.75, 3.05) is 6.61 Å². The maximum absolute atomic E-state index is 11.9. The van der Waals surface area contributed by atoms with Gasteiger partial charge in [0.15, 0.2) is 6.61 Å². The molecule has 0 unspecified atom stereocenters. The number of aromatic nitrogens is 2. The van der Waals surface area contributed by atoms with E-state index in [2.05, 4.69) is 9.84 Å². The maximum atomic E-state index is 11.9. The van der Waals surface area contributed by atoms with E-state index in [9.17, 15) is 23.3 Å². The highest BCUT2D eigenvalue weighted by atomic mass is 19.4. The minimum absolute atomic E-state index is 0.211. The molecule has 9 heteroatoms. The quantitative estimate of drug-likeness (QED) is 0.609. The summed E-state index contributed by atoms with van der Waals surface area (Å²) in [6.07, 6.45) is -3.52. The normalized spacial score (nSPS) is 11.9. The van der Waals surface area contributed by atoms with Crippen LogP contribution < -0.4 is 4.74 Å². The number of nitrogens with zero attached hydrogens (tertiary/aromatic N) is 3. The van der Waals surface area contributed by atoms with Crippen LogP contribution in [0.1, 0.15) is 19.9 Å². The monoisotopic (exact) mass is 253 g/mol. The van der Waals surface area contributed by atoms with E-state index in [1.165, 1.54) is 4.68 Å². The summed E-state index contributed by atoms with van der Waals surface area (Å²) in [6.45, 7) is 1.76. The van der Waals surface area contributed by atoms with Gasteiger partial charge in [0.1, 0.15) is 6.20 Å². The third kappa shape index (κ3) is 3.61. The van der Waals surface area contributed by atoms with Crippen molar-refractivity contribution in [2.45, 2.75) is 26.1 Å².